The van der Waals surface area contributed by atoms with Crippen molar-refractivity contribution in [2.75, 3.05) is 18.4 Å². The van der Waals surface area contributed by atoms with Gasteiger partial charge in [-0.15, -0.1) is 11.3 Å². The van der Waals surface area contributed by atoms with E-state index in [2.05, 4.69) is 58.8 Å². The number of rotatable bonds is 5. The minimum absolute atomic E-state index is 0.126. The van der Waals surface area contributed by atoms with Gasteiger partial charge in [-0.3, -0.25) is 4.79 Å². The number of likely N-dealkylation sites (tertiary alicyclic amines) is 1. The SMILES string of the molecule is Cc1ccc(-c2csc3ncnc(N[C@@H](C)CN4CCCC4=O)c23)cc1. The highest BCUT2D eigenvalue weighted by Gasteiger charge is 2.22. The van der Waals surface area contributed by atoms with Crippen molar-refractivity contribution in [3.63, 3.8) is 0 Å². The number of nitrogens with one attached hydrogen (secondary N) is 1. The largest absolute Gasteiger partial charge is 0.365 e. The molecule has 26 heavy (non-hydrogen) atoms. The number of thiophene rings is 1. The van der Waals surface area contributed by atoms with E-state index in [1.807, 2.05) is 4.90 Å². The number of carbonyl (C=O) groups is 1. The van der Waals surface area contributed by atoms with E-state index in [0.717, 1.165) is 34.6 Å². The first kappa shape index (κ1) is 17.0. The summed E-state index contributed by atoms with van der Waals surface area (Å²) < 4.78 is 0. The van der Waals surface area contributed by atoms with Crippen LogP contribution in [0.5, 0.6) is 0 Å². The Morgan fingerprint density at radius 2 is 2.08 bits per heavy atom. The van der Waals surface area contributed by atoms with E-state index in [9.17, 15) is 4.79 Å². The van der Waals surface area contributed by atoms with E-state index < -0.39 is 0 Å². The number of nitrogens with zero attached hydrogens (tertiary/aromatic N) is 3. The van der Waals surface area contributed by atoms with Crippen molar-refractivity contribution in [2.24, 2.45) is 0 Å². The zero-order valence-electron chi connectivity index (χ0n) is 15.0. The second-order valence-electron chi connectivity index (χ2n) is 6.91. The Balaban J connectivity index is 1.63. The zero-order chi connectivity index (χ0) is 18.1. The number of hydrogen-bond donors (Lipinski definition) is 1. The summed E-state index contributed by atoms with van der Waals surface area (Å²) in [5, 5.41) is 6.70. The van der Waals surface area contributed by atoms with Gasteiger partial charge in [0.2, 0.25) is 5.91 Å². The number of anilines is 1. The summed E-state index contributed by atoms with van der Waals surface area (Å²) >= 11 is 1.63. The van der Waals surface area contributed by atoms with Crippen LogP contribution in [0.1, 0.15) is 25.3 Å². The molecule has 4 rings (SSSR count). The third-order valence-corrected chi connectivity index (χ3v) is 5.67. The molecule has 2 aromatic heterocycles. The molecule has 0 unspecified atom stereocenters. The summed E-state index contributed by atoms with van der Waals surface area (Å²) in [4.78, 5) is 23.7. The maximum atomic E-state index is 11.9. The first-order valence-electron chi connectivity index (χ1n) is 8.95. The lowest BCUT2D eigenvalue weighted by Gasteiger charge is -2.22. The Morgan fingerprint density at radius 3 is 2.81 bits per heavy atom. The lowest BCUT2D eigenvalue weighted by molar-refractivity contribution is -0.127. The molecule has 1 aliphatic heterocycles. The molecule has 3 aromatic rings. The van der Waals surface area contributed by atoms with Crippen molar-refractivity contribution in [1.82, 2.24) is 14.9 Å². The molecule has 0 saturated carbocycles. The molecule has 6 heteroatoms. The van der Waals surface area contributed by atoms with Gasteiger partial charge in [-0.05, 0) is 25.8 Å². The lowest BCUT2D eigenvalue weighted by atomic mass is 10.0. The minimum Gasteiger partial charge on any atom is -0.365 e. The van der Waals surface area contributed by atoms with Crippen LogP contribution in [0.2, 0.25) is 0 Å². The van der Waals surface area contributed by atoms with Crippen LogP contribution in [0.15, 0.2) is 36.0 Å². The average Bonchev–Trinajstić information content (AvgIpc) is 3.23. The highest BCUT2D eigenvalue weighted by atomic mass is 32.1. The molecular formula is C20H22N4OS. The maximum absolute atomic E-state index is 11.9. The van der Waals surface area contributed by atoms with E-state index >= 15 is 0 Å². The van der Waals surface area contributed by atoms with Crippen LogP contribution < -0.4 is 5.32 Å². The highest BCUT2D eigenvalue weighted by molar-refractivity contribution is 7.17. The molecule has 0 bridgehead atoms. The lowest BCUT2D eigenvalue weighted by Crippen LogP contribution is -2.35. The van der Waals surface area contributed by atoms with E-state index in [0.29, 0.717) is 13.0 Å². The molecule has 1 fully saturated rings. The summed E-state index contributed by atoms with van der Waals surface area (Å²) in [6, 6.07) is 8.65. The maximum Gasteiger partial charge on any atom is 0.222 e. The van der Waals surface area contributed by atoms with Gasteiger partial charge in [-0.2, -0.15) is 0 Å². The number of amides is 1. The highest BCUT2D eigenvalue weighted by Crippen LogP contribution is 2.36. The molecular weight excluding hydrogens is 344 g/mol. The van der Waals surface area contributed by atoms with E-state index in [1.165, 1.54) is 11.1 Å². The summed E-state index contributed by atoms with van der Waals surface area (Å²) in [7, 11) is 0. The number of fused-ring (bicyclic) bond motifs is 1. The average molecular weight is 366 g/mol. The van der Waals surface area contributed by atoms with Gasteiger partial charge in [-0.25, -0.2) is 9.97 Å². The monoisotopic (exact) mass is 366 g/mol. The van der Waals surface area contributed by atoms with Crippen molar-refractivity contribution < 1.29 is 4.79 Å². The van der Waals surface area contributed by atoms with Crippen molar-refractivity contribution in [3.05, 3.63) is 41.5 Å². The number of aromatic nitrogens is 2. The van der Waals surface area contributed by atoms with Gasteiger partial charge in [0.1, 0.15) is 17.0 Å². The third-order valence-electron chi connectivity index (χ3n) is 4.78. The second-order valence-corrected chi connectivity index (χ2v) is 7.76. The molecule has 0 aliphatic carbocycles. The van der Waals surface area contributed by atoms with Gasteiger partial charge in [0.05, 0.1) is 5.39 Å². The summed E-state index contributed by atoms with van der Waals surface area (Å²) in [6.07, 6.45) is 3.24. The Bertz CT molecular complexity index is 935. The van der Waals surface area contributed by atoms with Gasteiger partial charge >= 0.3 is 0 Å². The molecule has 0 radical (unpaired) electrons. The van der Waals surface area contributed by atoms with Crippen LogP contribution in [-0.4, -0.2) is 39.9 Å². The molecule has 1 aliphatic rings. The Morgan fingerprint density at radius 1 is 1.27 bits per heavy atom. The topological polar surface area (TPSA) is 58.1 Å². The van der Waals surface area contributed by atoms with Gasteiger partial charge < -0.3 is 10.2 Å². The predicted molar refractivity (Wildman–Crippen MR) is 106 cm³/mol. The van der Waals surface area contributed by atoms with Gasteiger partial charge in [-0.1, -0.05) is 29.8 Å². The Labute approximate surface area is 157 Å². The fourth-order valence-corrected chi connectivity index (χ4v) is 4.35. The van der Waals surface area contributed by atoms with Crippen LogP contribution in [0.3, 0.4) is 0 Å². The summed E-state index contributed by atoms with van der Waals surface area (Å²) in [5.74, 6) is 1.09. The molecule has 1 saturated heterocycles. The molecule has 1 N–H and O–H groups in total. The van der Waals surface area contributed by atoms with Gasteiger partial charge in [0.15, 0.2) is 0 Å². The van der Waals surface area contributed by atoms with Gasteiger partial charge in [0.25, 0.3) is 0 Å². The fraction of sp³-hybridized carbons (Fsp3) is 0.350. The van der Waals surface area contributed by atoms with Crippen molar-refractivity contribution in [2.45, 2.75) is 32.7 Å². The Kier molecular flexibility index (Phi) is 4.59. The molecule has 1 amide bonds. The predicted octanol–water partition coefficient (Wildman–Crippen LogP) is 4.09. The van der Waals surface area contributed by atoms with Crippen LogP contribution in [0.25, 0.3) is 21.3 Å². The molecule has 5 nitrogen and oxygen atoms in total. The van der Waals surface area contributed by atoms with Crippen molar-refractivity contribution in [1.29, 1.82) is 0 Å². The third kappa shape index (κ3) is 3.29. The summed E-state index contributed by atoms with van der Waals surface area (Å²) in [6.45, 7) is 5.75. The van der Waals surface area contributed by atoms with Crippen LogP contribution in [0.4, 0.5) is 5.82 Å². The van der Waals surface area contributed by atoms with Crippen LogP contribution in [0, 0.1) is 6.92 Å². The van der Waals surface area contributed by atoms with Crippen molar-refractivity contribution >= 4 is 33.3 Å². The fourth-order valence-electron chi connectivity index (χ4n) is 3.44. The van der Waals surface area contributed by atoms with Crippen molar-refractivity contribution in [3.8, 4) is 11.1 Å². The first-order chi connectivity index (χ1) is 12.6. The summed E-state index contributed by atoms with van der Waals surface area (Å²) in [5.41, 5.74) is 3.56. The standard InChI is InChI=1S/C20H22N4OS/c1-13-5-7-15(8-6-13)16-11-26-20-18(16)19(21-12-22-20)23-14(2)10-24-9-3-4-17(24)25/h5-8,11-12,14H,3-4,9-10H2,1-2H3,(H,21,22,23)/t14-/m0/s1. The minimum atomic E-state index is 0.126. The molecule has 134 valence electrons. The normalized spacial score (nSPS) is 15.6. The molecule has 1 atom stereocenters. The molecule has 3 heterocycles. The number of hydrogen-bond acceptors (Lipinski definition) is 5. The number of aryl methyl sites for hydroxylation is 1. The molecule has 1 aromatic carbocycles. The molecule has 0 spiro atoms. The van der Waals surface area contributed by atoms with Crippen LogP contribution in [-0.2, 0) is 4.79 Å². The Hall–Kier alpha value is -2.47. The van der Waals surface area contributed by atoms with E-state index in [-0.39, 0.29) is 11.9 Å². The smallest absolute Gasteiger partial charge is 0.222 e. The first-order valence-corrected chi connectivity index (χ1v) is 9.83. The quantitative estimate of drug-likeness (QED) is 0.739. The van der Waals surface area contributed by atoms with E-state index in [1.54, 1.807) is 17.7 Å². The van der Waals surface area contributed by atoms with E-state index in [4.69, 9.17) is 0 Å². The second kappa shape index (κ2) is 7.03. The van der Waals surface area contributed by atoms with Crippen LogP contribution >= 0.6 is 11.3 Å². The number of carbonyl (C=O) groups excluding carboxylic acids is 1. The number of benzene rings is 1. The zero-order valence-corrected chi connectivity index (χ0v) is 15.8. The van der Waals surface area contributed by atoms with Gasteiger partial charge in [0, 0.05) is 36.5 Å².